The second-order valence-corrected chi connectivity index (χ2v) is 8.29. The zero-order chi connectivity index (χ0) is 23.6. The maximum atomic E-state index is 12.2. The Morgan fingerprint density at radius 2 is 1.72 bits per heavy atom. The van der Waals surface area contributed by atoms with Gasteiger partial charge in [-0.05, 0) is 42.8 Å². The Morgan fingerprint density at radius 1 is 1.06 bits per heavy atom. The summed E-state index contributed by atoms with van der Waals surface area (Å²) in [7, 11) is -3.91. The van der Waals surface area contributed by atoms with E-state index >= 15 is 0 Å². The second kappa shape index (κ2) is 11.8. The fraction of sp³-hybridized carbons (Fsp3) is 0.250. The van der Waals surface area contributed by atoms with Crippen molar-refractivity contribution < 1.29 is 27.5 Å². The molecule has 0 unspecified atom stereocenters. The summed E-state index contributed by atoms with van der Waals surface area (Å²) in [4.78, 5) is 24.1. The van der Waals surface area contributed by atoms with E-state index in [2.05, 4.69) is 10.0 Å². The average Bonchev–Trinajstić information content (AvgIpc) is 2.73. The van der Waals surface area contributed by atoms with Crippen LogP contribution in [0.1, 0.15) is 23.2 Å². The Labute approximate surface area is 185 Å². The van der Waals surface area contributed by atoms with Crippen molar-refractivity contribution in [2.24, 2.45) is 11.5 Å². The zero-order valence-electron chi connectivity index (χ0n) is 17.1. The van der Waals surface area contributed by atoms with E-state index in [1.54, 1.807) is 30.3 Å². The molecule has 0 radical (unpaired) electrons. The fourth-order valence-electron chi connectivity index (χ4n) is 2.46. The third-order valence-electron chi connectivity index (χ3n) is 3.95. The largest absolute Gasteiger partial charge is 0.494 e. The van der Waals surface area contributed by atoms with E-state index in [0.717, 1.165) is 0 Å². The van der Waals surface area contributed by atoms with Crippen molar-refractivity contribution >= 4 is 27.9 Å². The average molecular weight is 464 g/mol. The van der Waals surface area contributed by atoms with Crippen molar-refractivity contribution in [3.63, 3.8) is 0 Å². The van der Waals surface area contributed by atoms with Gasteiger partial charge in [0.05, 0.1) is 29.7 Å². The molecule has 2 rings (SSSR count). The molecule has 0 spiro atoms. The number of hydrogen-bond acceptors (Lipinski definition) is 8. The molecule has 0 saturated carbocycles. The summed E-state index contributed by atoms with van der Waals surface area (Å²) < 4.78 is 36.8. The van der Waals surface area contributed by atoms with Gasteiger partial charge in [-0.2, -0.15) is 4.72 Å². The lowest BCUT2D eigenvalue weighted by molar-refractivity contribution is -0.138. The normalized spacial score (nSPS) is 11.9. The minimum atomic E-state index is -3.91. The van der Waals surface area contributed by atoms with Crippen molar-refractivity contribution in [3.05, 3.63) is 60.2 Å². The number of sulfonamides is 1. The molecule has 0 saturated heterocycles. The number of hydrogen-bond donors (Lipinski definition) is 5. The number of carbonyl (C=O) groups excluding carboxylic acids is 2. The number of nitrogens with one attached hydrogen (secondary N) is 3. The van der Waals surface area contributed by atoms with Gasteiger partial charge in [-0.25, -0.2) is 13.2 Å². The van der Waals surface area contributed by atoms with Gasteiger partial charge in [0, 0.05) is 6.54 Å². The molecule has 0 aliphatic rings. The molecular formula is C20H25N5O6S. The molecule has 1 atom stereocenters. The summed E-state index contributed by atoms with van der Waals surface area (Å²) in [5.74, 6) is -1.48. The van der Waals surface area contributed by atoms with Gasteiger partial charge in [-0.15, -0.1) is 0 Å². The highest BCUT2D eigenvalue weighted by atomic mass is 32.2. The number of esters is 2. The van der Waals surface area contributed by atoms with E-state index in [9.17, 15) is 18.0 Å². The Bertz CT molecular complexity index is 1030. The van der Waals surface area contributed by atoms with Gasteiger partial charge >= 0.3 is 11.9 Å². The van der Waals surface area contributed by atoms with E-state index in [0.29, 0.717) is 25.3 Å². The molecule has 0 aliphatic carbocycles. The molecule has 32 heavy (non-hydrogen) atoms. The van der Waals surface area contributed by atoms with E-state index < -0.39 is 34.5 Å². The van der Waals surface area contributed by atoms with Crippen LogP contribution in [0.3, 0.4) is 0 Å². The molecule has 2 aromatic rings. The van der Waals surface area contributed by atoms with Gasteiger partial charge in [0.1, 0.15) is 5.75 Å². The van der Waals surface area contributed by atoms with Gasteiger partial charge in [-0.1, -0.05) is 18.2 Å². The fourth-order valence-corrected chi connectivity index (χ4v) is 3.60. The van der Waals surface area contributed by atoms with Gasteiger partial charge in [-0.3, -0.25) is 10.2 Å². The SMILES string of the molecule is N=C(N)NCCCOc1ccc(C(=O)OC(=O)C[C@@H](N)NS(=O)(=O)c2ccccc2)cc1. The molecular weight excluding hydrogens is 438 g/mol. The number of rotatable bonds is 11. The minimum Gasteiger partial charge on any atom is -0.494 e. The van der Waals surface area contributed by atoms with E-state index in [1.165, 1.54) is 24.3 Å². The highest BCUT2D eigenvalue weighted by Crippen LogP contribution is 2.14. The highest BCUT2D eigenvalue weighted by molar-refractivity contribution is 7.89. The molecule has 0 amide bonds. The molecule has 2 aromatic carbocycles. The first kappa shape index (κ1) is 24.8. The van der Waals surface area contributed by atoms with Crippen LogP contribution in [-0.4, -0.2) is 45.6 Å². The smallest absolute Gasteiger partial charge is 0.345 e. The lowest BCUT2D eigenvalue weighted by Crippen LogP contribution is -2.43. The third-order valence-corrected chi connectivity index (χ3v) is 5.45. The van der Waals surface area contributed by atoms with Crippen LogP contribution in [0.25, 0.3) is 0 Å². The predicted octanol–water partition coefficient (Wildman–Crippen LogP) is 0.275. The van der Waals surface area contributed by atoms with Gasteiger partial charge in [0.2, 0.25) is 10.0 Å². The monoisotopic (exact) mass is 463 g/mol. The number of guanidine groups is 1. The number of benzene rings is 2. The molecule has 11 nitrogen and oxygen atoms in total. The standard InChI is InChI=1S/C20H25N5O6S/c21-17(25-32(28,29)16-5-2-1-3-6-16)13-18(26)31-19(27)14-7-9-15(10-8-14)30-12-4-11-24-20(22)23/h1-3,5-10,17,25H,4,11-13,21H2,(H4,22,23,24)/t17-/m0/s1. The van der Waals surface area contributed by atoms with Crippen LogP contribution in [0.4, 0.5) is 0 Å². The minimum absolute atomic E-state index is 0.00248. The first-order valence-electron chi connectivity index (χ1n) is 9.56. The first-order chi connectivity index (χ1) is 15.2. The quantitative estimate of drug-likeness (QED) is 0.0778. The van der Waals surface area contributed by atoms with Crippen molar-refractivity contribution in [2.75, 3.05) is 13.2 Å². The molecule has 0 bridgehead atoms. The third kappa shape index (κ3) is 8.34. The van der Waals surface area contributed by atoms with Crippen LogP contribution in [0.15, 0.2) is 59.5 Å². The molecule has 0 aliphatic heterocycles. The summed E-state index contributed by atoms with van der Waals surface area (Å²) in [5, 5.41) is 9.69. The van der Waals surface area contributed by atoms with Crippen molar-refractivity contribution in [3.8, 4) is 5.75 Å². The molecule has 172 valence electrons. The summed E-state index contributed by atoms with van der Waals surface area (Å²) in [6, 6.07) is 13.5. The highest BCUT2D eigenvalue weighted by Gasteiger charge is 2.21. The Morgan fingerprint density at radius 3 is 2.34 bits per heavy atom. The number of ether oxygens (including phenoxy) is 2. The Kier molecular flexibility index (Phi) is 9.13. The molecule has 0 aromatic heterocycles. The van der Waals surface area contributed by atoms with Crippen molar-refractivity contribution in [2.45, 2.75) is 23.9 Å². The van der Waals surface area contributed by atoms with Crippen LogP contribution in [-0.2, 0) is 19.6 Å². The van der Waals surface area contributed by atoms with Crippen LogP contribution in [0, 0.1) is 5.41 Å². The van der Waals surface area contributed by atoms with Crippen LogP contribution in [0.2, 0.25) is 0 Å². The summed E-state index contributed by atoms with van der Waals surface area (Å²) in [6.45, 7) is 0.866. The van der Waals surface area contributed by atoms with E-state index in [4.69, 9.17) is 26.4 Å². The Hall–Kier alpha value is -3.48. The van der Waals surface area contributed by atoms with Crippen molar-refractivity contribution in [1.82, 2.24) is 10.0 Å². The van der Waals surface area contributed by atoms with Gasteiger partial charge < -0.3 is 26.3 Å². The van der Waals surface area contributed by atoms with Gasteiger partial charge in [0.15, 0.2) is 5.96 Å². The van der Waals surface area contributed by atoms with Crippen LogP contribution < -0.4 is 26.2 Å². The topological polar surface area (TPSA) is 187 Å². The summed E-state index contributed by atoms with van der Waals surface area (Å²) in [5.41, 5.74) is 11.0. The lowest BCUT2D eigenvalue weighted by atomic mass is 10.2. The molecule has 0 fully saturated rings. The molecule has 12 heteroatoms. The second-order valence-electron chi connectivity index (χ2n) is 6.57. The van der Waals surface area contributed by atoms with Gasteiger partial charge in [0.25, 0.3) is 0 Å². The zero-order valence-corrected chi connectivity index (χ0v) is 17.9. The maximum absolute atomic E-state index is 12.2. The van der Waals surface area contributed by atoms with Crippen LogP contribution in [0.5, 0.6) is 5.75 Å². The summed E-state index contributed by atoms with van der Waals surface area (Å²) in [6.07, 6.45) is -1.19. The number of carbonyl (C=O) groups is 2. The molecule has 0 heterocycles. The van der Waals surface area contributed by atoms with E-state index in [-0.39, 0.29) is 16.4 Å². The van der Waals surface area contributed by atoms with Crippen LogP contribution >= 0.6 is 0 Å². The first-order valence-corrected chi connectivity index (χ1v) is 11.0. The molecule has 7 N–H and O–H groups in total. The maximum Gasteiger partial charge on any atom is 0.345 e. The lowest BCUT2D eigenvalue weighted by Gasteiger charge is -2.13. The Balaban J connectivity index is 1.79. The van der Waals surface area contributed by atoms with E-state index in [1.807, 2.05) is 0 Å². The predicted molar refractivity (Wildman–Crippen MR) is 116 cm³/mol. The van der Waals surface area contributed by atoms with Crippen molar-refractivity contribution in [1.29, 1.82) is 5.41 Å². The number of nitrogens with two attached hydrogens (primary N) is 2. The summed E-state index contributed by atoms with van der Waals surface area (Å²) >= 11 is 0.